The topological polar surface area (TPSA) is 66.3 Å². The molecule has 7 heteroatoms. The first-order valence-electron chi connectivity index (χ1n) is 8.67. The van der Waals surface area contributed by atoms with Crippen molar-refractivity contribution in [2.75, 3.05) is 32.5 Å². The Bertz CT molecular complexity index is 701. The van der Waals surface area contributed by atoms with Crippen molar-refractivity contribution in [3.05, 3.63) is 42.5 Å². The van der Waals surface area contributed by atoms with Gasteiger partial charge in [-0.15, -0.1) is 0 Å². The van der Waals surface area contributed by atoms with Crippen LogP contribution in [0.2, 0.25) is 0 Å². The molecule has 2 aromatic rings. The molecule has 134 valence electrons. The van der Waals surface area contributed by atoms with E-state index < -0.39 is 0 Å². The maximum Gasteiger partial charge on any atom is 0.321 e. The normalized spacial score (nSPS) is 21.1. The van der Waals surface area contributed by atoms with Crippen LogP contribution >= 0.6 is 0 Å². The molecular weight excluding hydrogens is 316 g/mol. The first kappa shape index (κ1) is 17.4. The Kier molecular flexibility index (Phi) is 5.33. The van der Waals surface area contributed by atoms with E-state index in [0.717, 1.165) is 25.2 Å². The third-order valence-electron chi connectivity index (χ3n) is 4.82. The van der Waals surface area contributed by atoms with Gasteiger partial charge >= 0.3 is 6.03 Å². The molecule has 2 aromatic heterocycles. The fourth-order valence-corrected chi connectivity index (χ4v) is 3.45. The summed E-state index contributed by atoms with van der Waals surface area (Å²) in [4.78, 5) is 21.0. The van der Waals surface area contributed by atoms with E-state index in [-0.39, 0.29) is 12.1 Å². The lowest BCUT2D eigenvalue weighted by atomic mass is 9.93. The van der Waals surface area contributed by atoms with Crippen molar-refractivity contribution in [3.63, 3.8) is 0 Å². The highest BCUT2D eigenvalue weighted by atomic mass is 16.2. The second-order valence-electron chi connectivity index (χ2n) is 6.88. The number of carbonyl (C=O) groups is 1. The zero-order valence-electron chi connectivity index (χ0n) is 15.1. The molecule has 1 aliphatic rings. The lowest BCUT2D eigenvalue weighted by molar-refractivity contribution is 0.113. The number of rotatable bonds is 4. The van der Waals surface area contributed by atoms with E-state index in [1.165, 1.54) is 0 Å². The molecule has 0 unspecified atom stereocenters. The van der Waals surface area contributed by atoms with Gasteiger partial charge in [0, 0.05) is 32.0 Å². The minimum absolute atomic E-state index is 0.0845. The number of nitrogens with one attached hydrogen (secondary N) is 1. The fourth-order valence-electron chi connectivity index (χ4n) is 3.45. The SMILES string of the molecule is C[C@@H]1CN(C)CC[C@H]1N(C)C(=O)Nc1cnn(Cc2ccccn2)c1. The van der Waals surface area contributed by atoms with Gasteiger partial charge in [0.2, 0.25) is 0 Å². The number of hydrogen-bond acceptors (Lipinski definition) is 4. The van der Waals surface area contributed by atoms with Gasteiger partial charge < -0.3 is 15.1 Å². The number of aromatic nitrogens is 3. The molecule has 3 rings (SSSR count). The van der Waals surface area contributed by atoms with Gasteiger partial charge in [-0.05, 0) is 38.1 Å². The maximum atomic E-state index is 12.6. The summed E-state index contributed by atoms with van der Waals surface area (Å²) in [6.07, 6.45) is 6.27. The van der Waals surface area contributed by atoms with Gasteiger partial charge in [-0.25, -0.2) is 4.79 Å². The number of likely N-dealkylation sites (tertiary alicyclic amines) is 1. The fraction of sp³-hybridized carbons (Fsp3) is 0.500. The maximum absolute atomic E-state index is 12.6. The smallest absolute Gasteiger partial charge is 0.321 e. The van der Waals surface area contributed by atoms with E-state index in [9.17, 15) is 4.79 Å². The van der Waals surface area contributed by atoms with Crippen LogP contribution in [0.3, 0.4) is 0 Å². The summed E-state index contributed by atoms with van der Waals surface area (Å²) in [5.74, 6) is 0.460. The molecule has 3 heterocycles. The quantitative estimate of drug-likeness (QED) is 0.924. The second kappa shape index (κ2) is 7.65. The van der Waals surface area contributed by atoms with Crippen molar-refractivity contribution in [1.82, 2.24) is 24.6 Å². The van der Waals surface area contributed by atoms with Gasteiger partial charge in [0.15, 0.2) is 0 Å². The molecule has 0 bridgehead atoms. The Morgan fingerprint density at radius 2 is 2.28 bits per heavy atom. The molecule has 1 N–H and O–H groups in total. The number of pyridine rings is 1. The van der Waals surface area contributed by atoms with Gasteiger partial charge in [0.1, 0.15) is 0 Å². The highest BCUT2D eigenvalue weighted by Gasteiger charge is 2.30. The molecule has 0 saturated carbocycles. The van der Waals surface area contributed by atoms with Crippen molar-refractivity contribution in [2.45, 2.75) is 25.9 Å². The monoisotopic (exact) mass is 342 g/mol. The Morgan fingerprint density at radius 1 is 1.44 bits per heavy atom. The highest BCUT2D eigenvalue weighted by molar-refractivity contribution is 5.89. The number of amides is 2. The number of piperidine rings is 1. The van der Waals surface area contributed by atoms with Crippen molar-refractivity contribution in [1.29, 1.82) is 0 Å². The predicted molar refractivity (Wildman–Crippen MR) is 97.4 cm³/mol. The Morgan fingerprint density at radius 3 is 3.00 bits per heavy atom. The lowest BCUT2D eigenvalue weighted by Crippen LogP contribution is -2.50. The van der Waals surface area contributed by atoms with E-state index in [0.29, 0.717) is 18.2 Å². The van der Waals surface area contributed by atoms with Crippen molar-refractivity contribution in [2.24, 2.45) is 5.92 Å². The molecule has 1 fully saturated rings. The lowest BCUT2D eigenvalue weighted by Gasteiger charge is -2.39. The molecule has 0 aliphatic carbocycles. The van der Waals surface area contributed by atoms with Crippen LogP contribution < -0.4 is 5.32 Å². The van der Waals surface area contributed by atoms with Crippen LogP contribution in [0.5, 0.6) is 0 Å². The molecule has 0 radical (unpaired) electrons. The highest BCUT2D eigenvalue weighted by Crippen LogP contribution is 2.21. The minimum Gasteiger partial charge on any atom is -0.324 e. The van der Waals surface area contributed by atoms with Crippen LogP contribution in [-0.2, 0) is 6.54 Å². The van der Waals surface area contributed by atoms with Crippen LogP contribution in [0.4, 0.5) is 10.5 Å². The summed E-state index contributed by atoms with van der Waals surface area (Å²) < 4.78 is 1.77. The Balaban J connectivity index is 1.57. The number of hydrogen-bond donors (Lipinski definition) is 1. The first-order valence-corrected chi connectivity index (χ1v) is 8.67. The molecule has 0 spiro atoms. The zero-order chi connectivity index (χ0) is 17.8. The first-order chi connectivity index (χ1) is 12.0. The summed E-state index contributed by atoms with van der Waals surface area (Å²) in [7, 11) is 4.00. The molecular formula is C18H26N6O. The molecule has 1 saturated heterocycles. The Hall–Kier alpha value is -2.41. The number of urea groups is 1. The van der Waals surface area contributed by atoms with Gasteiger partial charge in [0.25, 0.3) is 0 Å². The Labute approximate surface area is 148 Å². The van der Waals surface area contributed by atoms with Gasteiger partial charge in [-0.2, -0.15) is 5.10 Å². The van der Waals surface area contributed by atoms with Crippen LogP contribution in [-0.4, -0.2) is 63.8 Å². The second-order valence-corrected chi connectivity index (χ2v) is 6.88. The predicted octanol–water partition coefficient (Wildman–Crippen LogP) is 2.13. The number of carbonyl (C=O) groups excluding carboxylic acids is 1. The molecule has 25 heavy (non-hydrogen) atoms. The summed E-state index contributed by atoms with van der Waals surface area (Å²) in [5.41, 5.74) is 1.63. The molecule has 2 atom stereocenters. The average molecular weight is 342 g/mol. The standard InChI is InChI=1S/C18H26N6O/c1-14-11-22(2)9-7-17(14)23(3)18(25)21-16-10-20-24(13-16)12-15-6-4-5-8-19-15/h4-6,8,10,13-14,17H,7,9,11-12H2,1-3H3,(H,21,25)/t14-,17-/m1/s1. The van der Waals surface area contributed by atoms with Crippen molar-refractivity contribution >= 4 is 11.7 Å². The van der Waals surface area contributed by atoms with Crippen LogP contribution in [0.15, 0.2) is 36.8 Å². The number of anilines is 1. The van der Waals surface area contributed by atoms with Crippen LogP contribution in [0.1, 0.15) is 19.0 Å². The van der Waals surface area contributed by atoms with Crippen LogP contribution in [0.25, 0.3) is 0 Å². The van der Waals surface area contributed by atoms with E-state index in [1.54, 1.807) is 17.1 Å². The summed E-state index contributed by atoms with van der Waals surface area (Å²) >= 11 is 0. The van der Waals surface area contributed by atoms with Crippen LogP contribution in [0, 0.1) is 5.92 Å². The summed E-state index contributed by atoms with van der Waals surface area (Å²) in [6, 6.07) is 5.97. The average Bonchev–Trinajstić information content (AvgIpc) is 3.02. The number of nitrogens with zero attached hydrogens (tertiary/aromatic N) is 5. The molecule has 1 aliphatic heterocycles. The van der Waals surface area contributed by atoms with Gasteiger partial charge in [0.05, 0.1) is 24.1 Å². The largest absolute Gasteiger partial charge is 0.324 e. The van der Waals surface area contributed by atoms with E-state index in [2.05, 4.69) is 34.3 Å². The van der Waals surface area contributed by atoms with Crippen molar-refractivity contribution in [3.8, 4) is 0 Å². The minimum atomic E-state index is -0.0845. The van der Waals surface area contributed by atoms with Crippen molar-refractivity contribution < 1.29 is 4.79 Å². The van der Waals surface area contributed by atoms with Gasteiger partial charge in [-0.3, -0.25) is 9.67 Å². The van der Waals surface area contributed by atoms with E-state index in [1.807, 2.05) is 36.3 Å². The molecule has 7 nitrogen and oxygen atoms in total. The third-order valence-corrected chi connectivity index (χ3v) is 4.82. The molecule has 2 amide bonds. The summed E-state index contributed by atoms with van der Waals surface area (Å²) in [5, 5.41) is 7.24. The van der Waals surface area contributed by atoms with Gasteiger partial charge in [-0.1, -0.05) is 13.0 Å². The summed E-state index contributed by atoms with van der Waals surface area (Å²) in [6.45, 7) is 4.83. The zero-order valence-corrected chi connectivity index (χ0v) is 15.1. The third kappa shape index (κ3) is 4.36. The van der Waals surface area contributed by atoms with E-state index in [4.69, 9.17) is 0 Å². The van der Waals surface area contributed by atoms with E-state index >= 15 is 0 Å². The molecule has 0 aromatic carbocycles.